The molecule has 0 radical (unpaired) electrons. The van der Waals surface area contributed by atoms with Gasteiger partial charge >= 0.3 is 0 Å². The molecule has 1 aliphatic heterocycles. The van der Waals surface area contributed by atoms with Crippen LogP contribution in [0.5, 0.6) is 5.75 Å². The van der Waals surface area contributed by atoms with Crippen LogP contribution in [0, 0.1) is 6.92 Å². The summed E-state index contributed by atoms with van der Waals surface area (Å²) in [7, 11) is 3.36. The van der Waals surface area contributed by atoms with Crippen molar-refractivity contribution in [1.82, 2.24) is 15.1 Å². The SMILES string of the molecule is Cc1cccc(N2CCN(CCC(C)NC(=O)c3cccc(OCC(=O)N(C)C)c3)CC2)c1. The van der Waals surface area contributed by atoms with Crippen molar-refractivity contribution in [2.24, 2.45) is 0 Å². The van der Waals surface area contributed by atoms with Gasteiger partial charge in [-0.1, -0.05) is 18.2 Å². The quantitative estimate of drug-likeness (QED) is 0.634. The van der Waals surface area contributed by atoms with Crippen LogP contribution in [-0.4, -0.2) is 81.1 Å². The van der Waals surface area contributed by atoms with Crippen molar-refractivity contribution in [2.75, 3.05) is 58.3 Å². The molecule has 1 N–H and O–H groups in total. The third-order valence-electron chi connectivity index (χ3n) is 5.95. The molecule has 7 nitrogen and oxygen atoms in total. The summed E-state index contributed by atoms with van der Waals surface area (Å²) < 4.78 is 5.52. The Bertz CT molecular complexity index is 939. The molecular formula is C26H36N4O3. The van der Waals surface area contributed by atoms with Crippen LogP contribution in [0.4, 0.5) is 5.69 Å². The van der Waals surface area contributed by atoms with Crippen LogP contribution in [0.3, 0.4) is 0 Å². The van der Waals surface area contributed by atoms with Crippen LogP contribution in [0.2, 0.25) is 0 Å². The minimum Gasteiger partial charge on any atom is -0.484 e. The second-order valence-electron chi connectivity index (χ2n) is 8.94. The van der Waals surface area contributed by atoms with Gasteiger partial charge in [0.25, 0.3) is 11.8 Å². The van der Waals surface area contributed by atoms with Gasteiger partial charge in [-0.05, 0) is 56.2 Å². The summed E-state index contributed by atoms with van der Waals surface area (Å²) in [4.78, 5) is 30.7. The highest BCUT2D eigenvalue weighted by Crippen LogP contribution is 2.18. The predicted molar refractivity (Wildman–Crippen MR) is 132 cm³/mol. The van der Waals surface area contributed by atoms with E-state index in [0.29, 0.717) is 11.3 Å². The summed E-state index contributed by atoms with van der Waals surface area (Å²) in [5.74, 6) is 0.256. The highest BCUT2D eigenvalue weighted by atomic mass is 16.5. The molecule has 0 aromatic heterocycles. The van der Waals surface area contributed by atoms with E-state index in [9.17, 15) is 9.59 Å². The topological polar surface area (TPSA) is 65.1 Å². The van der Waals surface area contributed by atoms with Crippen molar-refractivity contribution in [3.8, 4) is 5.75 Å². The Labute approximate surface area is 197 Å². The standard InChI is InChI=1S/C26H36N4O3/c1-20-7-5-9-23(17-20)30-15-13-29(14-16-30)12-11-21(2)27-26(32)22-8-6-10-24(18-22)33-19-25(31)28(3)4/h5-10,17-18,21H,11-16,19H2,1-4H3,(H,27,32). The first kappa shape index (κ1) is 24.6. The minimum atomic E-state index is -0.129. The van der Waals surface area contributed by atoms with Crippen molar-refractivity contribution in [2.45, 2.75) is 26.3 Å². The van der Waals surface area contributed by atoms with Gasteiger partial charge in [0.15, 0.2) is 6.61 Å². The fourth-order valence-electron chi connectivity index (χ4n) is 3.81. The number of hydrogen-bond acceptors (Lipinski definition) is 5. The lowest BCUT2D eigenvalue weighted by Crippen LogP contribution is -2.47. The highest BCUT2D eigenvalue weighted by Gasteiger charge is 2.18. The van der Waals surface area contributed by atoms with Crippen molar-refractivity contribution in [1.29, 1.82) is 0 Å². The molecule has 3 rings (SSSR count). The molecule has 7 heteroatoms. The van der Waals surface area contributed by atoms with Crippen molar-refractivity contribution >= 4 is 17.5 Å². The number of carbonyl (C=O) groups excluding carboxylic acids is 2. The van der Waals surface area contributed by atoms with E-state index in [1.807, 2.05) is 6.92 Å². The van der Waals surface area contributed by atoms with Crippen LogP contribution in [0.1, 0.15) is 29.3 Å². The van der Waals surface area contributed by atoms with Gasteiger partial charge in [0.05, 0.1) is 0 Å². The highest BCUT2D eigenvalue weighted by molar-refractivity contribution is 5.94. The molecule has 178 valence electrons. The van der Waals surface area contributed by atoms with Crippen LogP contribution in [0.15, 0.2) is 48.5 Å². The van der Waals surface area contributed by atoms with E-state index < -0.39 is 0 Å². The summed E-state index contributed by atoms with van der Waals surface area (Å²) in [5.41, 5.74) is 3.12. The zero-order chi connectivity index (χ0) is 23.8. The number of piperazine rings is 1. The Kier molecular flexibility index (Phi) is 8.72. The maximum Gasteiger partial charge on any atom is 0.259 e. The molecule has 0 saturated carbocycles. The summed E-state index contributed by atoms with van der Waals surface area (Å²) in [5, 5.41) is 3.08. The lowest BCUT2D eigenvalue weighted by atomic mass is 10.1. The van der Waals surface area contributed by atoms with Gasteiger partial charge in [-0.25, -0.2) is 0 Å². The number of rotatable bonds is 9. The monoisotopic (exact) mass is 452 g/mol. The molecule has 2 amide bonds. The maximum absolute atomic E-state index is 12.7. The van der Waals surface area contributed by atoms with Crippen molar-refractivity contribution < 1.29 is 14.3 Å². The Morgan fingerprint density at radius 3 is 2.48 bits per heavy atom. The molecule has 0 aliphatic carbocycles. The average Bonchev–Trinajstić information content (AvgIpc) is 2.81. The number of ether oxygens (including phenoxy) is 1. The molecule has 1 aliphatic rings. The van der Waals surface area contributed by atoms with E-state index in [-0.39, 0.29) is 24.5 Å². The summed E-state index contributed by atoms with van der Waals surface area (Å²) in [6.07, 6.45) is 0.893. The van der Waals surface area contributed by atoms with Crippen LogP contribution in [0.25, 0.3) is 0 Å². The Morgan fingerprint density at radius 1 is 1.06 bits per heavy atom. The Balaban J connectivity index is 1.41. The zero-order valence-corrected chi connectivity index (χ0v) is 20.2. The molecule has 33 heavy (non-hydrogen) atoms. The summed E-state index contributed by atoms with van der Waals surface area (Å²) in [6.45, 7) is 9.17. The number of nitrogens with one attached hydrogen (secondary N) is 1. The molecule has 2 aromatic carbocycles. The maximum atomic E-state index is 12.7. The van der Waals surface area contributed by atoms with E-state index in [2.05, 4.69) is 46.3 Å². The van der Waals surface area contributed by atoms with Gasteiger partial charge in [0.1, 0.15) is 5.75 Å². The minimum absolute atomic E-state index is 0.0500. The Morgan fingerprint density at radius 2 is 1.79 bits per heavy atom. The van der Waals surface area contributed by atoms with E-state index in [1.165, 1.54) is 16.2 Å². The molecule has 1 heterocycles. The molecule has 0 spiro atoms. The zero-order valence-electron chi connectivity index (χ0n) is 20.2. The van der Waals surface area contributed by atoms with Gasteiger partial charge in [-0.15, -0.1) is 0 Å². The first-order valence-corrected chi connectivity index (χ1v) is 11.6. The van der Waals surface area contributed by atoms with Crippen molar-refractivity contribution in [3.63, 3.8) is 0 Å². The third-order valence-corrected chi connectivity index (χ3v) is 5.95. The largest absolute Gasteiger partial charge is 0.484 e. The van der Waals surface area contributed by atoms with Crippen molar-refractivity contribution in [3.05, 3.63) is 59.7 Å². The number of hydrogen-bond donors (Lipinski definition) is 1. The molecule has 1 fully saturated rings. The summed E-state index contributed by atoms with van der Waals surface area (Å²) >= 11 is 0. The second kappa shape index (κ2) is 11.7. The second-order valence-corrected chi connectivity index (χ2v) is 8.94. The number of anilines is 1. The number of amides is 2. The van der Waals surface area contributed by atoms with Crippen LogP contribution in [-0.2, 0) is 4.79 Å². The van der Waals surface area contributed by atoms with E-state index >= 15 is 0 Å². The number of nitrogens with zero attached hydrogens (tertiary/aromatic N) is 3. The van der Waals surface area contributed by atoms with Gasteiger partial charge in [-0.2, -0.15) is 0 Å². The number of carbonyl (C=O) groups is 2. The molecule has 1 atom stereocenters. The predicted octanol–water partition coefficient (Wildman–Crippen LogP) is 2.79. The normalized spacial score (nSPS) is 15.1. The van der Waals surface area contributed by atoms with E-state index in [4.69, 9.17) is 4.74 Å². The number of benzene rings is 2. The number of aryl methyl sites for hydroxylation is 1. The van der Waals surface area contributed by atoms with Crippen LogP contribution >= 0.6 is 0 Å². The average molecular weight is 453 g/mol. The first-order chi connectivity index (χ1) is 15.8. The lowest BCUT2D eigenvalue weighted by molar-refractivity contribution is -0.130. The van der Waals surface area contributed by atoms with Gasteiger partial charge in [-0.3, -0.25) is 14.5 Å². The smallest absolute Gasteiger partial charge is 0.259 e. The number of likely N-dealkylation sites (N-methyl/N-ethyl adjacent to an activating group) is 1. The fourth-order valence-corrected chi connectivity index (χ4v) is 3.81. The molecule has 1 saturated heterocycles. The van der Waals surface area contributed by atoms with Gasteiger partial charge in [0.2, 0.25) is 0 Å². The van der Waals surface area contributed by atoms with E-state index in [0.717, 1.165) is 39.1 Å². The third kappa shape index (κ3) is 7.49. The molecule has 0 bridgehead atoms. The lowest BCUT2D eigenvalue weighted by Gasteiger charge is -2.36. The Hall–Kier alpha value is -3.06. The van der Waals surface area contributed by atoms with Crippen LogP contribution < -0.4 is 15.0 Å². The molecule has 2 aromatic rings. The van der Waals surface area contributed by atoms with Gasteiger partial charge < -0.3 is 19.9 Å². The first-order valence-electron chi connectivity index (χ1n) is 11.6. The molecule has 1 unspecified atom stereocenters. The van der Waals surface area contributed by atoms with Gasteiger partial charge in [0, 0.05) is 64.1 Å². The molecular weight excluding hydrogens is 416 g/mol. The summed E-state index contributed by atoms with van der Waals surface area (Å²) in [6, 6.07) is 15.7. The van der Waals surface area contributed by atoms with E-state index in [1.54, 1.807) is 38.4 Å². The fraction of sp³-hybridized carbons (Fsp3) is 0.462.